The maximum Gasteiger partial charge on any atom is 0.525 e. The number of alkyl halides is 13. The summed E-state index contributed by atoms with van der Waals surface area (Å²) >= 11 is 0. The molecular formula is C9H7F13O3. The van der Waals surface area contributed by atoms with Crippen LogP contribution in [-0.4, -0.2) is 48.2 Å². The molecule has 0 saturated heterocycles. The third-order valence-corrected chi connectivity index (χ3v) is 1.91. The SMILES string of the molecule is C=C.OCC(F)(OC(F)(F)C(F)(OC(F)(F)F)C(F)(F)F)C(F)(F)F. The maximum absolute atomic E-state index is 13.1. The summed E-state index contributed by atoms with van der Waals surface area (Å²) in [4.78, 5) is 0. The molecule has 0 rings (SSSR count). The Bertz CT molecular complexity index is 428. The highest BCUT2D eigenvalue weighted by atomic mass is 19.4. The summed E-state index contributed by atoms with van der Waals surface area (Å²) in [5, 5.41) is 7.97. The van der Waals surface area contributed by atoms with Crippen LogP contribution in [0.1, 0.15) is 0 Å². The summed E-state index contributed by atoms with van der Waals surface area (Å²) in [5.74, 6) is -13.3. The molecule has 25 heavy (non-hydrogen) atoms. The summed E-state index contributed by atoms with van der Waals surface area (Å²) in [6, 6.07) is 0. The molecule has 0 aliphatic carbocycles. The fourth-order valence-electron chi connectivity index (χ4n) is 0.890. The Morgan fingerprint density at radius 1 is 0.640 bits per heavy atom. The van der Waals surface area contributed by atoms with E-state index in [4.69, 9.17) is 5.11 Å². The van der Waals surface area contributed by atoms with Crippen LogP contribution in [-0.2, 0) is 9.47 Å². The van der Waals surface area contributed by atoms with E-state index in [9.17, 15) is 57.1 Å². The number of hydrogen-bond donors (Lipinski definition) is 1. The van der Waals surface area contributed by atoms with E-state index >= 15 is 0 Å². The number of hydrogen-bond acceptors (Lipinski definition) is 3. The van der Waals surface area contributed by atoms with Gasteiger partial charge in [-0.25, -0.2) is 4.74 Å². The molecule has 0 aromatic carbocycles. The van der Waals surface area contributed by atoms with E-state index in [1.807, 2.05) is 4.74 Å². The summed E-state index contributed by atoms with van der Waals surface area (Å²) in [6.45, 7) is 2.88. The van der Waals surface area contributed by atoms with Gasteiger partial charge < -0.3 is 5.11 Å². The van der Waals surface area contributed by atoms with E-state index in [0.29, 0.717) is 0 Å². The molecular weight excluding hydrogens is 403 g/mol. The minimum absolute atomic E-state index is 1.48. The highest BCUT2D eigenvalue weighted by molar-refractivity contribution is 4.90. The number of halogens is 13. The van der Waals surface area contributed by atoms with Crippen LogP contribution in [0, 0.1) is 0 Å². The Balaban J connectivity index is 0. The molecule has 2 atom stereocenters. The first-order chi connectivity index (χ1) is 10.7. The Kier molecular flexibility index (Phi) is 7.81. The van der Waals surface area contributed by atoms with Crippen molar-refractivity contribution < 1.29 is 71.7 Å². The van der Waals surface area contributed by atoms with Crippen molar-refractivity contribution in [3.05, 3.63) is 13.2 Å². The molecule has 0 saturated carbocycles. The maximum atomic E-state index is 13.1. The van der Waals surface area contributed by atoms with Crippen LogP contribution in [0.15, 0.2) is 13.2 Å². The zero-order valence-electron chi connectivity index (χ0n) is 11.3. The largest absolute Gasteiger partial charge is 0.525 e. The average Bonchev–Trinajstić information content (AvgIpc) is 2.35. The zero-order valence-corrected chi connectivity index (χ0v) is 11.3. The Labute approximate surface area is 129 Å². The molecule has 2 unspecified atom stereocenters. The Hall–Kier alpha value is -1.29. The smallest absolute Gasteiger partial charge is 0.390 e. The van der Waals surface area contributed by atoms with Gasteiger partial charge in [0.1, 0.15) is 6.61 Å². The Morgan fingerprint density at radius 3 is 1.20 bits per heavy atom. The first kappa shape index (κ1) is 25.9. The first-order valence-electron chi connectivity index (χ1n) is 5.19. The van der Waals surface area contributed by atoms with Gasteiger partial charge in [0.2, 0.25) is 0 Å². The third kappa shape index (κ3) is 5.88. The minimum atomic E-state index is -7.31. The van der Waals surface area contributed by atoms with Crippen LogP contribution in [0.3, 0.4) is 0 Å². The van der Waals surface area contributed by atoms with Crippen molar-refractivity contribution in [3.8, 4) is 0 Å². The van der Waals surface area contributed by atoms with E-state index in [0.717, 1.165) is 0 Å². The third-order valence-electron chi connectivity index (χ3n) is 1.91. The summed E-state index contributed by atoms with van der Waals surface area (Å²) < 4.78 is 162. The lowest BCUT2D eigenvalue weighted by Gasteiger charge is -2.37. The van der Waals surface area contributed by atoms with Crippen molar-refractivity contribution in [2.24, 2.45) is 0 Å². The predicted molar refractivity (Wildman–Crippen MR) is 51.3 cm³/mol. The topological polar surface area (TPSA) is 38.7 Å². The molecule has 0 aliphatic rings. The zero-order chi connectivity index (χ0) is 21.1. The molecule has 0 bridgehead atoms. The van der Waals surface area contributed by atoms with Crippen molar-refractivity contribution in [2.75, 3.05) is 6.61 Å². The minimum Gasteiger partial charge on any atom is -0.390 e. The van der Waals surface area contributed by atoms with Gasteiger partial charge in [-0.2, -0.15) is 43.9 Å². The van der Waals surface area contributed by atoms with Gasteiger partial charge in [0.25, 0.3) is 0 Å². The second-order valence-corrected chi connectivity index (χ2v) is 3.64. The molecule has 16 heteroatoms. The normalized spacial score (nSPS) is 18.6. The van der Waals surface area contributed by atoms with Crippen molar-refractivity contribution in [1.29, 1.82) is 0 Å². The van der Waals surface area contributed by atoms with Crippen LogP contribution in [0.4, 0.5) is 57.1 Å². The fraction of sp³-hybridized carbons (Fsp3) is 0.778. The Morgan fingerprint density at radius 2 is 1.00 bits per heavy atom. The highest BCUT2D eigenvalue weighted by Crippen LogP contribution is 2.52. The lowest BCUT2D eigenvalue weighted by Crippen LogP contribution is -2.64. The van der Waals surface area contributed by atoms with Crippen molar-refractivity contribution in [1.82, 2.24) is 0 Å². The quantitative estimate of drug-likeness (QED) is 0.540. The molecule has 0 radical (unpaired) electrons. The lowest BCUT2D eigenvalue weighted by molar-refractivity contribution is -0.544. The lowest BCUT2D eigenvalue weighted by atomic mass is 10.2. The van der Waals surface area contributed by atoms with Crippen LogP contribution in [0.5, 0.6) is 0 Å². The van der Waals surface area contributed by atoms with Crippen molar-refractivity contribution >= 4 is 0 Å². The summed E-state index contributed by atoms with van der Waals surface area (Å²) in [7, 11) is 0. The highest BCUT2D eigenvalue weighted by Gasteiger charge is 2.80. The number of aliphatic hydroxyl groups excluding tert-OH is 1. The van der Waals surface area contributed by atoms with Crippen molar-refractivity contribution in [3.63, 3.8) is 0 Å². The molecule has 0 aromatic heterocycles. The first-order valence-corrected chi connectivity index (χ1v) is 5.19. The molecule has 0 amide bonds. The average molecular weight is 410 g/mol. The molecule has 1 N–H and O–H groups in total. The van der Waals surface area contributed by atoms with Gasteiger partial charge in [-0.1, -0.05) is 0 Å². The standard InChI is InChI=1S/C7H3F13O3.C2H4/c8-2(1-21,4(10,11)12)22-6(16,17)3(9,5(13,14)15)23-7(18,19)20;1-2/h21H,1H2;1-2H2. The molecule has 0 heterocycles. The fourth-order valence-corrected chi connectivity index (χ4v) is 0.890. The van der Waals surface area contributed by atoms with Gasteiger partial charge in [-0.05, 0) is 0 Å². The van der Waals surface area contributed by atoms with Gasteiger partial charge >= 0.3 is 36.5 Å². The van der Waals surface area contributed by atoms with Gasteiger partial charge in [-0.15, -0.1) is 26.3 Å². The van der Waals surface area contributed by atoms with E-state index in [1.54, 1.807) is 0 Å². The van der Waals surface area contributed by atoms with E-state index in [1.165, 1.54) is 4.74 Å². The van der Waals surface area contributed by atoms with Gasteiger partial charge in [0.05, 0.1) is 0 Å². The van der Waals surface area contributed by atoms with Crippen LogP contribution in [0.2, 0.25) is 0 Å². The summed E-state index contributed by atoms with van der Waals surface area (Å²) in [5.41, 5.74) is 0. The van der Waals surface area contributed by atoms with Crippen molar-refractivity contribution in [2.45, 2.75) is 36.5 Å². The second kappa shape index (κ2) is 7.53. The van der Waals surface area contributed by atoms with Crippen LogP contribution >= 0.6 is 0 Å². The number of rotatable bonds is 5. The molecule has 152 valence electrons. The van der Waals surface area contributed by atoms with Crippen LogP contribution in [0.25, 0.3) is 0 Å². The van der Waals surface area contributed by atoms with E-state index < -0.39 is 43.1 Å². The van der Waals surface area contributed by atoms with Crippen LogP contribution < -0.4 is 0 Å². The molecule has 0 aliphatic heterocycles. The monoisotopic (exact) mass is 410 g/mol. The van der Waals surface area contributed by atoms with E-state index in [2.05, 4.69) is 13.2 Å². The second-order valence-electron chi connectivity index (χ2n) is 3.64. The van der Waals surface area contributed by atoms with Gasteiger partial charge in [0.15, 0.2) is 0 Å². The molecule has 0 aromatic rings. The van der Waals surface area contributed by atoms with Gasteiger partial charge in [-0.3, -0.25) is 4.74 Å². The predicted octanol–water partition coefficient (Wildman–Crippen LogP) is 4.38. The van der Waals surface area contributed by atoms with E-state index in [-0.39, 0.29) is 0 Å². The number of ether oxygens (including phenoxy) is 2. The summed E-state index contributed by atoms with van der Waals surface area (Å²) in [6.07, 6.45) is -27.9. The van der Waals surface area contributed by atoms with Gasteiger partial charge in [0, 0.05) is 0 Å². The number of aliphatic hydroxyl groups is 1. The molecule has 0 fully saturated rings. The molecule has 0 spiro atoms. The molecule has 3 nitrogen and oxygen atoms in total.